The van der Waals surface area contributed by atoms with Crippen LogP contribution in [0.25, 0.3) is 0 Å². The Morgan fingerprint density at radius 1 is 1.41 bits per heavy atom. The summed E-state index contributed by atoms with van der Waals surface area (Å²) in [6.07, 6.45) is 4.67. The summed E-state index contributed by atoms with van der Waals surface area (Å²) in [5, 5.41) is 0. The van der Waals surface area contributed by atoms with Crippen molar-refractivity contribution in [2.75, 3.05) is 0 Å². The molecule has 0 aromatic heterocycles. The van der Waals surface area contributed by atoms with E-state index in [0.717, 1.165) is 12.3 Å². The van der Waals surface area contributed by atoms with Crippen LogP contribution in [0.1, 0.15) is 53.4 Å². The Kier molecular flexibility index (Phi) is 2.30. The van der Waals surface area contributed by atoms with Gasteiger partial charge in [0, 0.05) is 12.3 Å². The zero-order valence-corrected chi connectivity index (χ0v) is 11.5. The highest BCUT2D eigenvalue weighted by Gasteiger charge is 2.74. The molecule has 0 aromatic rings. The van der Waals surface area contributed by atoms with Crippen LogP contribution in [0, 0.1) is 23.2 Å². The summed E-state index contributed by atoms with van der Waals surface area (Å²) in [6.45, 7) is 8.82. The van der Waals surface area contributed by atoms with E-state index in [4.69, 9.17) is 4.74 Å². The van der Waals surface area contributed by atoms with Crippen LogP contribution in [-0.2, 0) is 9.53 Å². The van der Waals surface area contributed by atoms with Gasteiger partial charge in [0.25, 0.3) is 0 Å². The predicted octanol–water partition coefficient (Wildman–Crippen LogP) is 3.20. The van der Waals surface area contributed by atoms with Crippen LogP contribution in [0.15, 0.2) is 0 Å². The Labute approximate surface area is 104 Å². The molecule has 0 spiro atoms. The van der Waals surface area contributed by atoms with Crippen molar-refractivity contribution in [1.29, 1.82) is 0 Å². The van der Waals surface area contributed by atoms with Crippen LogP contribution in [0.2, 0.25) is 0 Å². The van der Waals surface area contributed by atoms with Crippen LogP contribution in [0.5, 0.6) is 0 Å². The molecule has 0 radical (unpaired) electrons. The van der Waals surface area contributed by atoms with E-state index < -0.39 is 0 Å². The summed E-state index contributed by atoms with van der Waals surface area (Å²) in [5.41, 5.74) is 0.532. The number of hydrogen-bond acceptors (Lipinski definition) is 2. The molecule has 1 heterocycles. The van der Waals surface area contributed by atoms with Crippen LogP contribution >= 0.6 is 0 Å². The molecule has 1 saturated heterocycles. The van der Waals surface area contributed by atoms with E-state index in [2.05, 4.69) is 20.8 Å². The third-order valence-electron chi connectivity index (χ3n) is 5.93. The first-order valence-corrected chi connectivity index (χ1v) is 7.12. The minimum absolute atomic E-state index is 0.0858. The molecular weight excluding hydrogens is 212 g/mol. The monoisotopic (exact) mass is 236 g/mol. The smallest absolute Gasteiger partial charge is 0.135 e. The molecule has 2 nitrogen and oxygen atoms in total. The van der Waals surface area contributed by atoms with E-state index in [0.29, 0.717) is 29.6 Å². The minimum atomic E-state index is 0.0858. The van der Waals surface area contributed by atoms with Gasteiger partial charge in [0.2, 0.25) is 0 Å². The van der Waals surface area contributed by atoms with Crippen molar-refractivity contribution >= 4 is 5.78 Å². The summed E-state index contributed by atoms with van der Waals surface area (Å²) in [5.74, 6) is 2.14. The lowest BCUT2D eigenvalue weighted by Gasteiger charge is -2.58. The van der Waals surface area contributed by atoms with E-state index in [1.165, 1.54) is 12.8 Å². The maximum atomic E-state index is 11.8. The molecule has 4 aliphatic rings. The lowest BCUT2D eigenvalue weighted by Crippen LogP contribution is -2.57. The number of carbonyl (C=O) groups is 1. The molecule has 4 fully saturated rings. The number of epoxide rings is 1. The fraction of sp³-hybridized carbons (Fsp3) is 0.933. The van der Waals surface area contributed by atoms with Gasteiger partial charge < -0.3 is 4.74 Å². The first-order chi connectivity index (χ1) is 7.91. The molecule has 5 atom stereocenters. The molecule has 3 saturated carbocycles. The van der Waals surface area contributed by atoms with Gasteiger partial charge in [-0.25, -0.2) is 0 Å². The molecule has 0 N–H and O–H groups in total. The van der Waals surface area contributed by atoms with Gasteiger partial charge in [0.1, 0.15) is 5.78 Å². The van der Waals surface area contributed by atoms with Crippen LogP contribution in [0.4, 0.5) is 0 Å². The van der Waals surface area contributed by atoms with Gasteiger partial charge in [-0.2, -0.15) is 0 Å². The molecule has 1 unspecified atom stereocenters. The zero-order valence-electron chi connectivity index (χ0n) is 11.5. The van der Waals surface area contributed by atoms with Crippen molar-refractivity contribution in [2.45, 2.75) is 65.1 Å². The maximum absolute atomic E-state index is 11.8. The molecule has 2 bridgehead atoms. The SMILES string of the molecule is CCC(=O)C(C)C[C@]12O[C@H]1C[C@H]1C[C@@H]2C1(C)C. The maximum Gasteiger partial charge on any atom is 0.135 e. The quantitative estimate of drug-likeness (QED) is 0.702. The highest BCUT2D eigenvalue weighted by Crippen LogP contribution is 2.71. The van der Waals surface area contributed by atoms with Gasteiger partial charge in [-0.15, -0.1) is 0 Å². The van der Waals surface area contributed by atoms with Crippen molar-refractivity contribution in [3.05, 3.63) is 0 Å². The summed E-state index contributed by atoms with van der Waals surface area (Å²) < 4.78 is 6.07. The molecule has 96 valence electrons. The predicted molar refractivity (Wildman–Crippen MR) is 66.7 cm³/mol. The van der Waals surface area contributed by atoms with Gasteiger partial charge in [-0.3, -0.25) is 4.79 Å². The average molecular weight is 236 g/mol. The van der Waals surface area contributed by atoms with Gasteiger partial charge in [0.15, 0.2) is 0 Å². The highest BCUT2D eigenvalue weighted by atomic mass is 16.6. The second-order valence-electron chi connectivity index (χ2n) is 7.03. The zero-order chi connectivity index (χ0) is 12.4. The van der Waals surface area contributed by atoms with Crippen molar-refractivity contribution in [3.63, 3.8) is 0 Å². The Morgan fingerprint density at radius 2 is 2.12 bits per heavy atom. The fourth-order valence-electron chi connectivity index (χ4n) is 4.55. The average Bonchev–Trinajstić information content (AvgIpc) is 3.00. The van der Waals surface area contributed by atoms with Gasteiger partial charge in [-0.05, 0) is 36.5 Å². The van der Waals surface area contributed by atoms with Gasteiger partial charge in [-0.1, -0.05) is 27.7 Å². The van der Waals surface area contributed by atoms with E-state index in [-0.39, 0.29) is 11.5 Å². The van der Waals surface area contributed by atoms with Crippen LogP contribution < -0.4 is 0 Å². The molecule has 3 aliphatic carbocycles. The van der Waals surface area contributed by atoms with Gasteiger partial charge in [0.05, 0.1) is 11.7 Å². The first-order valence-electron chi connectivity index (χ1n) is 7.12. The Hall–Kier alpha value is -0.370. The van der Waals surface area contributed by atoms with E-state index >= 15 is 0 Å². The van der Waals surface area contributed by atoms with Crippen molar-refractivity contribution in [3.8, 4) is 0 Å². The molecule has 2 heteroatoms. The van der Waals surface area contributed by atoms with Crippen molar-refractivity contribution in [2.24, 2.45) is 23.2 Å². The fourth-order valence-corrected chi connectivity index (χ4v) is 4.55. The third-order valence-corrected chi connectivity index (χ3v) is 5.93. The minimum Gasteiger partial charge on any atom is -0.366 e. The Bertz CT molecular complexity index is 360. The molecule has 4 rings (SSSR count). The van der Waals surface area contributed by atoms with Crippen molar-refractivity contribution in [1.82, 2.24) is 0 Å². The molecule has 0 amide bonds. The molecular formula is C15H24O2. The summed E-state index contributed by atoms with van der Waals surface area (Å²) in [4.78, 5) is 11.8. The number of ether oxygens (including phenoxy) is 1. The Balaban J connectivity index is 1.74. The number of Topliss-reactive ketones (excluding diaryl/α,β-unsaturated/α-hetero) is 1. The molecule has 17 heavy (non-hydrogen) atoms. The second-order valence-corrected chi connectivity index (χ2v) is 7.03. The second kappa shape index (κ2) is 3.34. The Morgan fingerprint density at radius 3 is 2.71 bits per heavy atom. The van der Waals surface area contributed by atoms with Crippen LogP contribution in [-0.4, -0.2) is 17.5 Å². The molecule has 1 aliphatic heterocycles. The number of hydrogen-bond donors (Lipinski definition) is 0. The normalized spacial score (nSPS) is 46.7. The number of rotatable bonds is 4. The van der Waals surface area contributed by atoms with E-state index in [1.54, 1.807) is 0 Å². The topological polar surface area (TPSA) is 29.6 Å². The van der Waals surface area contributed by atoms with Crippen molar-refractivity contribution < 1.29 is 9.53 Å². The number of carbonyl (C=O) groups excluding carboxylic acids is 1. The lowest BCUT2D eigenvalue weighted by molar-refractivity contribution is -0.125. The summed E-state index contributed by atoms with van der Waals surface area (Å²) >= 11 is 0. The molecule has 0 aromatic carbocycles. The van der Waals surface area contributed by atoms with E-state index in [9.17, 15) is 4.79 Å². The first kappa shape index (κ1) is 11.7. The third kappa shape index (κ3) is 1.39. The standard InChI is InChI=1S/C15H24O2/c1-5-11(16)9(2)8-15-12-6-10(14(12,3)4)7-13(15)17-15/h9-10,12-13H,5-8H2,1-4H3/t9?,10-,12-,13+,15-/m1/s1. The van der Waals surface area contributed by atoms with Crippen LogP contribution in [0.3, 0.4) is 0 Å². The largest absolute Gasteiger partial charge is 0.366 e. The summed E-state index contributed by atoms with van der Waals surface area (Å²) in [6, 6.07) is 0. The van der Waals surface area contributed by atoms with Gasteiger partial charge >= 0.3 is 0 Å². The highest BCUT2D eigenvalue weighted by molar-refractivity contribution is 5.80. The van der Waals surface area contributed by atoms with E-state index in [1.807, 2.05) is 6.92 Å². The lowest BCUT2D eigenvalue weighted by atomic mass is 9.45. The summed E-state index contributed by atoms with van der Waals surface area (Å²) in [7, 11) is 0. The number of ketones is 1.